The summed E-state index contributed by atoms with van der Waals surface area (Å²) >= 11 is 0. The Kier molecular flexibility index (Phi) is 2.93. The molecule has 1 aliphatic heterocycles. The molecule has 2 atom stereocenters. The van der Waals surface area contributed by atoms with Crippen molar-refractivity contribution in [3.8, 4) is 0 Å². The van der Waals surface area contributed by atoms with Gasteiger partial charge in [-0.15, -0.1) is 0 Å². The number of imide groups is 1. The Balaban J connectivity index is 1.76. The van der Waals surface area contributed by atoms with Crippen LogP contribution in [0.3, 0.4) is 0 Å². The van der Waals surface area contributed by atoms with E-state index in [2.05, 4.69) is 0 Å². The van der Waals surface area contributed by atoms with E-state index in [1.807, 2.05) is 0 Å². The van der Waals surface area contributed by atoms with Gasteiger partial charge in [-0.3, -0.25) is 14.5 Å². The minimum atomic E-state index is -0.807. The molecule has 2 amide bonds. The summed E-state index contributed by atoms with van der Waals surface area (Å²) in [4.78, 5) is 25.9. The van der Waals surface area contributed by atoms with Crippen LogP contribution in [0.4, 0.5) is 0 Å². The van der Waals surface area contributed by atoms with E-state index in [1.165, 1.54) is 4.90 Å². The maximum absolute atomic E-state index is 12.3. The van der Waals surface area contributed by atoms with E-state index >= 15 is 0 Å². The first-order valence-electron chi connectivity index (χ1n) is 7.18. The Morgan fingerprint density at radius 1 is 1.00 bits per heavy atom. The Hall–Kier alpha value is -0.900. The fourth-order valence-corrected chi connectivity index (χ4v) is 3.87. The minimum absolute atomic E-state index is 0.0231. The van der Waals surface area contributed by atoms with Crippen molar-refractivity contribution < 1.29 is 14.7 Å². The van der Waals surface area contributed by atoms with Gasteiger partial charge in [-0.25, -0.2) is 0 Å². The molecule has 2 aliphatic carbocycles. The van der Waals surface area contributed by atoms with Gasteiger partial charge in [-0.1, -0.05) is 25.7 Å². The van der Waals surface area contributed by atoms with Crippen molar-refractivity contribution in [2.75, 3.05) is 6.54 Å². The molecule has 0 aromatic carbocycles. The molecule has 4 nitrogen and oxygen atoms in total. The second kappa shape index (κ2) is 4.34. The third-order valence-corrected chi connectivity index (χ3v) is 4.92. The number of hydrogen-bond donors (Lipinski definition) is 1. The van der Waals surface area contributed by atoms with E-state index in [1.54, 1.807) is 0 Å². The van der Waals surface area contributed by atoms with Crippen LogP contribution in [0, 0.1) is 11.8 Å². The average molecular weight is 251 g/mol. The molecular formula is C14H21NO3. The predicted octanol–water partition coefficient (Wildman–Crippen LogP) is 1.47. The number of β-amino-alcohol motifs (C(OH)–C–C–N with tert-alkyl or cyclic N) is 1. The Morgan fingerprint density at radius 3 is 2.00 bits per heavy atom. The lowest BCUT2D eigenvalue weighted by molar-refractivity contribution is -0.144. The summed E-state index contributed by atoms with van der Waals surface area (Å²) in [6.45, 7) is 0.234. The second-order valence-corrected chi connectivity index (χ2v) is 6.19. The standard InChI is InChI=1S/C14H21NO3/c16-12-10-5-1-2-6-11(10)13(17)15(12)9-14(18)7-3-4-8-14/h10-11,18H,1-9H2. The quantitative estimate of drug-likeness (QED) is 0.756. The van der Waals surface area contributed by atoms with Crippen LogP contribution in [-0.4, -0.2) is 34.0 Å². The lowest BCUT2D eigenvalue weighted by Gasteiger charge is -2.27. The smallest absolute Gasteiger partial charge is 0.233 e. The SMILES string of the molecule is O=C1C2CCCCC2C(=O)N1CC1(O)CCCC1. The maximum Gasteiger partial charge on any atom is 0.233 e. The van der Waals surface area contributed by atoms with Gasteiger partial charge in [-0.05, 0) is 25.7 Å². The van der Waals surface area contributed by atoms with Gasteiger partial charge in [0.2, 0.25) is 11.8 Å². The average Bonchev–Trinajstić information content (AvgIpc) is 2.89. The summed E-state index contributed by atoms with van der Waals surface area (Å²) in [6.07, 6.45) is 7.25. The van der Waals surface area contributed by atoms with Crippen LogP contribution in [0.2, 0.25) is 0 Å². The molecule has 0 aromatic heterocycles. The third-order valence-electron chi connectivity index (χ3n) is 4.92. The fraction of sp³-hybridized carbons (Fsp3) is 0.857. The van der Waals surface area contributed by atoms with Crippen LogP contribution in [0.15, 0.2) is 0 Å². The second-order valence-electron chi connectivity index (χ2n) is 6.19. The molecule has 1 heterocycles. The molecule has 1 N–H and O–H groups in total. The van der Waals surface area contributed by atoms with E-state index in [4.69, 9.17) is 0 Å². The van der Waals surface area contributed by atoms with Crippen LogP contribution in [0.1, 0.15) is 51.4 Å². The number of nitrogens with zero attached hydrogens (tertiary/aromatic N) is 1. The highest BCUT2D eigenvalue weighted by molar-refractivity contribution is 6.05. The van der Waals surface area contributed by atoms with Crippen molar-refractivity contribution in [3.63, 3.8) is 0 Å². The van der Waals surface area contributed by atoms with E-state index in [-0.39, 0.29) is 30.2 Å². The number of carbonyl (C=O) groups excluding carboxylic acids is 2. The minimum Gasteiger partial charge on any atom is -0.388 e. The molecule has 0 aromatic rings. The summed E-state index contributed by atoms with van der Waals surface area (Å²) in [5, 5.41) is 10.4. The highest BCUT2D eigenvalue weighted by Crippen LogP contribution is 2.40. The molecular weight excluding hydrogens is 230 g/mol. The molecule has 2 unspecified atom stereocenters. The normalized spacial score (nSPS) is 35.1. The fourth-order valence-electron chi connectivity index (χ4n) is 3.87. The Labute approximate surface area is 107 Å². The van der Waals surface area contributed by atoms with Crippen molar-refractivity contribution >= 4 is 11.8 Å². The first kappa shape index (κ1) is 12.2. The molecule has 0 spiro atoms. The lowest BCUT2D eigenvalue weighted by atomic mass is 9.81. The van der Waals surface area contributed by atoms with Gasteiger partial charge in [0.15, 0.2) is 0 Å². The zero-order valence-corrected chi connectivity index (χ0v) is 10.7. The number of aliphatic hydroxyl groups is 1. The van der Waals surface area contributed by atoms with Crippen LogP contribution in [0.5, 0.6) is 0 Å². The number of rotatable bonds is 2. The first-order chi connectivity index (χ1) is 8.61. The number of hydrogen-bond acceptors (Lipinski definition) is 3. The van der Waals surface area contributed by atoms with E-state index in [0.717, 1.165) is 51.4 Å². The molecule has 100 valence electrons. The summed E-state index contributed by atoms with van der Waals surface area (Å²) in [6, 6.07) is 0. The number of fused-ring (bicyclic) bond motifs is 1. The molecule has 4 heteroatoms. The number of amides is 2. The number of carbonyl (C=O) groups is 2. The molecule has 3 aliphatic rings. The highest BCUT2D eigenvalue weighted by Gasteiger charge is 2.50. The van der Waals surface area contributed by atoms with E-state index < -0.39 is 5.60 Å². The van der Waals surface area contributed by atoms with Crippen LogP contribution >= 0.6 is 0 Å². The summed E-state index contributed by atoms with van der Waals surface area (Å²) in [5.74, 6) is -0.220. The van der Waals surface area contributed by atoms with E-state index in [9.17, 15) is 14.7 Å². The molecule has 3 rings (SSSR count). The number of likely N-dealkylation sites (tertiary alicyclic amines) is 1. The van der Waals surface area contributed by atoms with Gasteiger partial charge in [0.1, 0.15) is 0 Å². The van der Waals surface area contributed by atoms with Gasteiger partial charge in [0.25, 0.3) is 0 Å². The topological polar surface area (TPSA) is 57.6 Å². The molecule has 2 saturated carbocycles. The monoisotopic (exact) mass is 251 g/mol. The Morgan fingerprint density at radius 2 is 1.50 bits per heavy atom. The lowest BCUT2D eigenvalue weighted by Crippen LogP contribution is -2.44. The largest absolute Gasteiger partial charge is 0.388 e. The van der Waals surface area contributed by atoms with Crippen molar-refractivity contribution in [2.45, 2.75) is 57.0 Å². The van der Waals surface area contributed by atoms with Gasteiger partial charge < -0.3 is 5.11 Å². The molecule has 3 fully saturated rings. The van der Waals surface area contributed by atoms with Crippen LogP contribution in [-0.2, 0) is 9.59 Å². The third kappa shape index (κ3) is 1.87. The zero-order valence-electron chi connectivity index (χ0n) is 10.7. The van der Waals surface area contributed by atoms with Gasteiger partial charge in [0.05, 0.1) is 24.0 Å². The molecule has 1 saturated heterocycles. The summed E-state index contributed by atoms with van der Waals surface area (Å²) < 4.78 is 0. The molecule has 18 heavy (non-hydrogen) atoms. The van der Waals surface area contributed by atoms with Crippen LogP contribution < -0.4 is 0 Å². The first-order valence-corrected chi connectivity index (χ1v) is 7.18. The zero-order chi connectivity index (χ0) is 12.8. The highest BCUT2D eigenvalue weighted by atomic mass is 16.3. The maximum atomic E-state index is 12.3. The Bertz CT molecular complexity index is 349. The summed E-state index contributed by atoms with van der Waals surface area (Å²) in [5.41, 5.74) is -0.807. The van der Waals surface area contributed by atoms with Crippen molar-refractivity contribution in [2.24, 2.45) is 11.8 Å². The van der Waals surface area contributed by atoms with Crippen molar-refractivity contribution in [3.05, 3.63) is 0 Å². The van der Waals surface area contributed by atoms with Gasteiger partial charge in [0, 0.05) is 0 Å². The molecule has 0 radical (unpaired) electrons. The van der Waals surface area contributed by atoms with E-state index in [0.29, 0.717) is 0 Å². The van der Waals surface area contributed by atoms with Crippen molar-refractivity contribution in [1.29, 1.82) is 0 Å². The van der Waals surface area contributed by atoms with Gasteiger partial charge >= 0.3 is 0 Å². The predicted molar refractivity (Wildman–Crippen MR) is 65.6 cm³/mol. The van der Waals surface area contributed by atoms with Gasteiger partial charge in [-0.2, -0.15) is 0 Å². The summed E-state index contributed by atoms with van der Waals surface area (Å²) in [7, 11) is 0. The van der Waals surface area contributed by atoms with Crippen molar-refractivity contribution in [1.82, 2.24) is 4.90 Å². The molecule has 0 bridgehead atoms. The van der Waals surface area contributed by atoms with Crippen LogP contribution in [0.25, 0.3) is 0 Å².